The van der Waals surface area contributed by atoms with Crippen LogP contribution in [0.5, 0.6) is 0 Å². The molecular weight excluding hydrogens is 368 g/mol. The van der Waals surface area contributed by atoms with Crippen molar-refractivity contribution >= 4 is 54.1 Å². The van der Waals surface area contributed by atoms with Gasteiger partial charge < -0.3 is 0 Å². The number of nitriles is 2. The number of rotatable bonds is 0. The third-order valence-corrected chi connectivity index (χ3v) is 5.78. The SMILES string of the molecule is N#Cc1c2cc3ccccc3cc2c(C#N)c2c3cccnc3c3ncccc3c12. The monoisotopic (exact) mass is 380 g/mol. The molecule has 6 rings (SSSR count). The van der Waals surface area contributed by atoms with E-state index in [-0.39, 0.29) is 0 Å². The van der Waals surface area contributed by atoms with Crippen molar-refractivity contribution in [1.29, 1.82) is 10.5 Å². The zero-order valence-electron chi connectivity index (χ0n) is 15.7. The first-order valence-corrected chi connectivity index (χ1v) is 9.55. The number of aromatic nitrogens is 2. The van der Waals surface area contributed by atoms with E-state index < -0.39 is 0 Å². The van der Waals surface area contributed by atoms with Gasteiger partial charge in [-0.05, 0) is 35.0 Å². The normalized spacial score (nSPS) is 11.3. The smallest absolute Gasteiger partial charge is 0.100 e. The molecule has 0 spiro atoms. The van der Waals surface area contributed by atoms with Crippen molar-refractivity contribution in [2.24, 2.45) is 0 Å². The van der Waals surface area contributed by atoms with E-state index in [4.69, 9.17) is 0 Å². The Morgan fingerprint density at radius 1 is 0.567 bits per heavy atom. The minimum absolute atomic E-state index is 0.563. The lowest BCUT2D eigenvalue weighted by Gasteiger charge is -2.15. The zero-order valence-corrected chi connectivity index (χ0v) is 15.7. The largest absolute Gasteiger partial charge is 0.254 e. The molecule has 0 amide bonds. The van der Waals surface area contributed by atoms with Crippen molar-refractivity contribution in [3.8, 4) is 12.1 Å². The minimum atomic E-state index is 0.563. The molecule has 0 aliphatic heterocycles. The van der Waals surface area contributed by atoms with Gasteiger partial charge in [-0.2, -0.15) is 10.5 Å². The molecule has 30 heavy (non-hydrogen) atoms. The van der Waals surface area contributed by atoms with Crippen LogP contribution in [0.3, 0.4) is 0 Å². The van der Waals surface area contributed by atoms with Crippen LogP contribution in [0, 0.1) is 22.7 Å². The van der Waals surface area contributed by atoms with Crippen LogP contribution in [-0.4, -0.2) is 9.97 Å². The van der Waals surface area contributed by atoms with Gasteiger partial charge in [-0.1, -0.05) is 36.4 Å². The third-order valence-electron chi connectivity index (χ3n) is 5.78. The van der Waals surface area contributed by atoms with Crippen molar-refractivity contribution in [2.75, 3.05) is 0 Å². The van der Waals surface area contributed by atoms with Gasteiger partial charge in [0.25, 0.3) is 0 Å². The van der Waals surface area contributed by atoms with Crippen LogP contribution in [0.2, 0.25) is 0 Å². The van der Waals surface area contributed by atoms with Crippen LogP contribution in [0.15, 0.2) is 73.1 Å². The molecule has 4 aromatic carbocycles. The summed E-state index contributed by atoms with van der Waals surface area (Å²) < 4.78 is 0. The first-order valence-electron chi connectivity index (χ1n) is 9.55. The molecule has 0 saturated heterocycles. The molecule has 4 nitrogen and oxygen atoms in total. The molecule has 4 heteroatoms. The van der Waals surface area contributed by atoms with E-state index in [0.29, 0.717) is 11.1 Å². The van der Waals surface area contributed by atoms with Crippen LogP contribution in [0.4, 0.5) is 0 Å². The summed E-state index contributed by atoms with van der Waals surface area (Å²) in [5, 5.41) is 27.3. The standard InChI is InChI=1S/C26H12N4/c27-13-21-19-11-15-5-1-2-6-16(15)12-20(19)22(14-28)24-18-8-4-10-30-26(18)25-17(23(21)24)7-3-9-29-25/h1-12H. The summed E-state index contributed by atoms with van der Waals surface area (Å²) in [5.74, 6) is 0. The maximum absolute atomic E-state index is 10.2. The molecule has 0 N–H and O–H groups in total. The fourth-order valence-corrected chi connectivity index (χ4v) is 4.54. The molecule has 2 aromatic heterocycles. The van der Waals surface area contributed by atoms with Gasteiger partial charge in [0.15, 0.2) is 0 Å². The number of pyridine rings is 2. The van der Waals surface area contributed by atoms with Gasteiger partial charge in [0.2, 0.25) is 0 Å². The second-order valence-corrected chi connectivity index (χ2v) is 7.27. The fraction of sp³-hybridized carbons (Fsp3) is 0. The summed E-state index contributed by atoms with van der Waals surface area (Å²) in [7, 11) is 0. The molecule has 136 valence electrons. The Hall–Kier alpha value is -4.54. The Kier molecular flexibility index (Phi) is 3.27. The quantitative estimate of drug-likeness (QED) is 0.240. The highest BCUT2D eigenvalue weighted by Gasteiger charge is 2.20. The Balaban J connectivity index is 2.06. The zero-order chi connectivity index (χ0) is 20.2. The van der Waals surface area contributed by atoms with E-state index in [9.17, 15) is 10.5 Å². The number of nitrogens with zero attached hydrogens (tertiary/aromatic N) is 4. The van der Waals surface area contributed by atoms with Crippen molar-refractivity contribution in [3.05, 3.63) is 84.2 Å². The molecule has 0 unspecified atom stereocenters. The first kappa shape index (κ1) is 16.4. The van der Waals surface area contributed by atoms with Gasteiger partial charge >= 0.3 is 0 Å². The summed E-state index contributed by atoms with van der Waals surface area (Å²) in [5.41, 5.74) is 2.60. The van der Waals surface area contributed by atoms with E-state index in [1.54, 1.807) is 12.4 Å². The van der Waals surface area contributed by atoms with Gasteiger partial charge in [0.1, 0.15) is 12.1 Å². The summed E-state index contributed by atoms with van der Waals surface area (Å²) in [6, 6.07) is 24.5. The lowest BCUT2D eigenvalue weighted by Crippen LogP contribution is -1.95. The number of hydrogen-bond acceptors (Lipinski definition) is 4. The Bertz CT molecular complexity index is 1640. The van der Waals surface area contributed by atoms with Crippen LogP contribution in [-0.2, 0) is 0 Å². The molecule has 0 aliphatic rings. The van der Waals surface area contributed by atoms with Gasteiger partial charge in [0.05, 0.1) is 22.2 Å². The molecule has 0 radical (unpaired) electrons. The average Bonchev–Trinajstić information content (AvgIpc) is 2.81. The van der Waals surface area contributed by atoms with E-state index in [0.717, 1.165) is 54.1 Å². The lowest BCUT2D eigenvalue weighted by molar-refractivity contribution is 1.38. The Morgan fingerprint density at radius 3 is 1.47 bits per heavy atom. The molecule has 0 aliphatic carbocycles. The average molecular weight is 380 g/mol. The maximum Gasteiger partial charge on any atom is 0.100 e. The lowest BCUT2D eigenvalue weighted by atomic mass is 9.87. The van der Waals surface area contributed by atoms with Gasteiger partial charge in [0, 0.05) is 44.7 Å². The van der Waals surface area contributed by atoms with Crippen LogP contribution >= 0.6 is 0 Å². The van der Waals surface area contributed by atoms with Crippen molar-refractivity contribution in [2.45, 2.75) is 0 Å². The molecule has 0 atom stereocenters. The molecule has 6 aromatic rings. The highest BCUT2D eigenvalue weighted by Crippen LogP contribution is 2.41. The van der Waals surface area contributed by atoms with E-state index in [1.807, 2.05) is 60.7 Å². The van der Waals surface area contributed by atoms with Crippen molar-refractivity contribution < 1.29 is 0 Å². The molecule has 0 bridgehead atoms. The Morgan fingerprint density at radius 2 is 1.03 bits per heavy atom. The first-order chi connectivity index (χ1) is 14.8. The van der Waals surface area contributed by atoms with Gasteiger partial charge in [-0.15, -0.1) is 0 Å². The van der Waals surface area contributed by atoms with Crippen molar-refractivity contribution in [3.63, 3.8) is 0 Å². The van der Waals surface area contributed by atoms with Crippen molar-refractivity contribution in [1.82, 2.24) is 9.97 Å². The maximum atomic E-state index is 10.2. The van der Waals surface area contributed by atoms with E-state index in [1.165, 1.54) is 0 Å². The van der Waals surface area contributed by atoms with Crippen LogP contribution in [0.1, 0.15) is 11.1 Å². The molecular formula is C26H12N4. The predicted molar refractivity (Wildman–Crippen MR) is 119 cm³/mol. The van der Waals surface area contributed by atoms with E-state index in [2.05, 4.69) is 22.1 Å². The van der Waals surface area contributed by atoms with Crippen LogP contribution in [0.25, 0.3) is 54.1 Å². The summed E-state index contributed by atoms with van der Waals surface area (Å²) in [6.45, 7) is 0. The van der Waals surface area contributed by atoms with Gasteiger partial charge in [-0.25, -0.2) is 0 Å². The van der Waals surface area contributed by atoms with Gasteiger partial charge in [-0.3, -0.25) is 9.97 Å². The summed E-state index contributed by atoms with van der Waals surface area (Å²) in [6.07, 6.45) is 3.46. The predicted octanol–water partition coefficient (Wildman–Crippen LogP) is 5.99. The second kappa shape index (κ2) is 5.98. The number of fused-ring (bicyclic) bond motifs is 8. The third kappa shape index (κ3) is 2.02. The molecule has 0 saturated carbocycles. The highest BCUT2D eigenvalue weighted by molar-refractivity contribution is 6.30. The summed E-state index contributed by atoms with van der Waals surface area (Å²) in [4.78, 5) is 9.13. The number of hydrogen-bond donors (Lipinski definition) is 0. The molecule has 2 heterocycles. The van der Waals surface area contributed by atoms with Crippen LogP contribution < -0.4 is 0 Å². The van der Waals surface area contributed by atoms with E-state index >= 15 is 0 Å². The Labute approximate surface area is 171 Å². The summed E-state index contributed by atoms with van der Waals surface area (Å²) >= 11 is 0. The minimum Gasteiger partial charge on any atom is -0.254 e. The second-order valence-electron chi connectivity index (χ2n) is 7.27. The fourth-order valence-electron chi connectivity index (χ4n) is 4.54. The topological polar surface area (TPSA) is 73.4 Å². The molecule has 0 fully saturated rings. The highest BCUT2D eigenvalue weighted by atomic mass is 14.7. The number of benzene rings is 4.